The van der Waals surface area contributed by atoms with E-state index < -0.39 is 54.0 Å². The lowest BCUT2D eigenvalue weighted by atomic mass is 9.83. The highest BCUT2D eigenvalue weighted by molar-refractivity contribution is 6.07. The minimum atomic E-state index is -1.90. The first kappa shape index (κ1) is 35.4. The molecule has 50 heavy (non-hydrogen) atoms. The molecular weight excluding hydrogens is 646 g/mol. The van der Waals surface area contributed by atoms with Gasteiger partial charge in [0, 0.05) is 30.1 Å². The summed E-state index contributed by atoms with van der Waals surface area (Å²) in [6.45, 7) is 2.07. The highest BCUT2D eigenvalue weighted by Gasteiger charge is 2.52. The number of carbonyl (C=O) groups is 3. The van der Waals surface area contributed by atoms with Crippen LogP contribution in [0, 0.1) is 5.92 Å². The van der Waals surface area contributed by atoms with Gasteiger partial charge >= 0.3 is 0 Å². The number of fused-ring (bicyclic) bond motifs is 2. The maximum absolute atomic E-state index is 14.0. The molecule has 3 aromatic carbocycles. The molecule has 264 valence electrons. The van der Waals surface area contributed by atoms with Crippen LogP contribution in [0.4, 0.5) is 11.4 Å². The van der Waals surface area contributed by atoms with Crippen molar-refractivity contribution in [3.8, 4) is 0 Å². The van der Waals surface area contributed by atoms with Crippen molar-refractivity contribution in [1.29, 1.82) is 0 Å². The molecule has 3 aliphatic heterocycles. The summed E-state index contributed by atoms with van der Waals surface area (Å²) in [5.41, 5.74) is 2.21. The van der Waals surface area contributed by atoms with Crippen LogP contribution in [0.3, 0.4) is 0 Å². The zero-order valence-electron chi connectivity index (χ0n) is 27.4. The fourth-order valence-corrected chi connectivity index (χ4v) is 6.90. The molecule has 1 fully saturated rings. The number of nitrogens with one attached hydrogen (secondary N) is 1. The first-order valence-corrected chi connectivity index (χ1v) is 16.5. The Morgan fingerprint density at radius 3 is 2.36 bits per heavy atom. The summed E-state index contributed by atoms with van der Waals surface area (Å²) >= 11 is 0. The van der Waals surface area contributed by atoms with Gasteiger partial charge in [-0.3, -0.25) is 14.4 Å². The smallest absolute Gasteiger partial charge is 0.264 e. The molecule has 8 atom stereocenters. The summed E-state index contributed by atoms with van der Waals surface area (Å²) in [7, 11) is 0. The van der Waals surface area contributed by atoms with Gasteiger partial charge in [0.2, 0.25) is 5.91 Å². The molecule has 6 rings (SSSR count). The van der Waals surface area contributed by atoms with Crippen molar-refractivity contribution in [2.24, 2.45) is 5.92 Å². The number of nitrogens with zero attached hydrogens (tertiary/aromatic N) is 2. The fourth-order valence-electron chi connectivity index (χ4n) is 6.90. The first-order valence-electron chi connectivity index (χ1n) is 16.5. The third-order valence-corrected chi connectivity index (χ3v) is 9.85. The molecule has 3 aromatic rings. The maximum atomic E-state index is 14.0. The SMILES string of the molecule is C[C@@H](/C=C/CC(=O)N1Cc2ccccc2C[C@H]1CO)[C@]1(O)C(=O)N(Cc2ccc(NC(=O)[C@H]3O[C@@H](O)[C@H](O)[C@@H](O)[C@@H]3O)cc2)c2ccccc21. The minimum Gasteiger partial charge on any atom is -0.394 e. The van der Waals surface area contributed by atoms with Crippen molar-refractivity contribution in [1.82, 2.24) is 4.90 Å². The van der Waals surface area contributed by atoms with Crippen LogP contribution in [0.5, 0.6) is 0 Å². The third kappa shape index (κ3) is 6.56. The van der Waals surface area contributed by atoms with Crippen molar-refractivity contribution in [2.75, 3.05) is 16.8 Å². The number of ether oxygens (including phenoxy) is 1. The summed E-state index contributed by atoms with van der Waals surface area (Å²) in [4.78, 5) is 43.1. The Bertz CT molecular complexity index is 1770. The van der Waals surface area contributed by atoms with Gasteiger partial charge in [0.15, 0.2) is 18.0 Å². The molecule has 0 bridgehead atoms. The van der Waals surface area contributed by atoms with E-state index in [2.05, 4.69) is 5.32 Å². The van der Waals surface area contributed by atoms with Crippen LogP contribution in [0.15, 0.2) is 84.9 Å². The monoisotopic (exact) mass is 687 g/mol. The number of amides is 3. The Kier molecular flexibility index (Phi) is 10.2. The number of aliphatic hydroxyl groups is 6. The molecule has 0 radical (unpaired) electrons. The molecule has 3 aliphatic rings. The molecule has 0 unspecified atom stereocenters. The molecule has 1 saturated heterocycles. The minimum absolute atomic E-state index is 0.0382. The van der Waals surface area contributed by atoms with Crippen LogP contribution in [0.1, 0.15) is 35.6 Å². The van der Waals surface area contributed by atoms with Crippen LogP contribution < -0.4 is 10.2 Å². The molecule has 7 N–H and O–H groups in total. The molecule has 13 nitrogen and oxygen atoms in total. The number of rotatable bonds is 9. The van der Waals surface area contributed by atoms with Crippen molar-refractivity contribution >= 4 is 29.1 Å². The number of para-hydroxylation sites is 1. The summed E-state index contributed by atoms with van der Waals surface area (Å²) in [6.07, 6.45) is -4.87. The van der Waals surface area contributed by atoms with Crippen molar-refractivity contribution < 1.29 is 49.8 Å². The predicted octanol–water partition coefficient (Wildman–Crippen LogP) is 0.688. The van der Waals surface area contributed by atoms with Crippen molar-refractivity contribution in [3.63, 3.8) is 0 Å². The van der Waals surface area contributed by atoms with Crippen LogP contribution in [-0.4, -0.2) is 96.6 Å². The normalized spacial score (nSPS) is 28.3. The topological polar surface area (TPSA) is 200 Å². The second kappa shape index (κ2) is 14.4. The molecule has 3 heterocycles. The van der Waals surface area contributed by atoms with Gasteiger partial charge in [-0.25, -0.2) is 0 Å². The highest BCUT2D eigenvalue weighted by Crippen LogP contribution is 2.45. The average molecular weight is 688 g/mol. The van der Waals surface area contributed by atoms with E-state index in [0.717, 1.165) is 11.1 Å². The summed E-state index contributed by atoms with van der Waals surface area (Å²) in [5.74, 6) is -2.24. The quantitative estimate of drug-likeness (QED) is 0.157. The van der Waals surface area contributed by atoms with Gasteiger partial charge in [-0.15, -0.1) is 0 Å². The second-order valence-corrected chi connectivity index (χ2v) is 13.0. The maximum Gasteiger partial charge on any atom is 0.264 e. The van der Waals surface area contributed by atoms with Crippen LogP contribution >= 0.6 is 0 Å². The Labute approximate surface area is 288 Å². The van der Waals surface area contributed by atoms with Crippen molar-refractivity contribution in [2.45, 2.75) is 75.2 Å². The summed E-state index contributed by atoms with van der Waals surface area (Å²) < 4.78 is 4.98. The van der Waals surface area contributed by atoms with E-state index in [-0.39, 0.29) is 31.5 Å². The lowest BCUT2D eigenvalue weighted by Crippen LogP contribution is -2.60. The number of hydrogen-bond acceptors (Lipinski definition) is 10. The highest BCUT2D eigenvalue weighted by atomic mass is 16.6. The lowest BCUT2D eigenvalue weighted by molar-refractivity contribution is -0.274. The molecular formula is C37H41N3O10. The van der Waals surface area contributed by atoms with Gasteiger partial charge in [0.1, 0.15) is 18.3 Å². The van der Waals surface area contributed by atoms with Gasteiger partial charge in [-0.2, -0.15) is 0 Å². The summed E-state index contributed by atoms with van der Waals surface area (Å²) in [6, 6.07) is 20.9. The number of benzene rings is 3. The van der Waals surface area contributed by atoms with Crippen LogP contribution in [-0.2, 0) is 44.2 Å². The van der Waals surface area contributed by atoms with E-state index in [1.165, 1.54) is 4.90 Å². The van der Waals surface area contributed by atoms with E-state index in [1.54, 1.807) is 72.5 Å². The van der Waals surface area contributed by atoms with Crippen LogP contribution in [0.25, 0.3) is 0 Å². The second-order valence-electron chi connectivity index (χ2n) is 13.0. The Morgan fingerprint density at radius 1 is 0.960 bits per heavy atom. The molecule has 0 saturated carbocycles. The number of anilines is 2. The van der Waals surface area contributed by atoms with E-state index in [4.69, 9.17) is 4.74 Å². The zero-order chi connectivity index (χ0) is 35.7. The number of aliphatic hydroxyl groups excluding tert-OH is 5. The van der Waals surface area contributed by atoms with E-state index in [1.807, 2.05) is 24.3 Å². The predicted molar refractivity (Wildman–Crippen MR) is 180 cm³/mol. The standard InChI is InChI=1S/C37H41N3O10/c1-21(7-6-12-29(42)39-19-24-9-3-2-8-23(24)17-26(39)20-41)37(49)27-10-4-5-11-28(27)40(36(37)48)18-22-13-15-25(16-14-22)38-34(46)33-31(44)30(43)32(45)35(47)50-33/h2-11,13-16,21,26,30-33,35,41,43-45,47,49H,12,17-20H2,1H3,(H,38,46)/b7-6+/t21-,26-,30-,31-,32+,33-,35+,37+/m0/s1. The van der Waals surface area contributed by atoms with Gasteiger partial charge in [0.05, 0.1) is 24.9 Å². The van der Waals surface area contributed by atoms with Gasteiger partial charge < -0.3 is 50.5 Å². The van der Waals surface area contributed by atoms with Gasteiger partial charge in [-0.1, -0.05) is 73.7 Å². The Balaban J connectivity index is 1.11. The number of hydrogen-bond donors (Lipinski definition) is 7. The largest absolute Gasteiger partial charge is 0.394 e. The van der Waals surface area contributed by atoms with Gasteiger partial charge in [0.25, 0.3) is 11.8 Å². The number of carbonyl (C=O) groups excluding carboxylic acids is 3. The average Bonchev–Trinajstić information content (AvgIpc) is 3.34. The molecule has 0 aliphatic carbocycles. The van der Waals surface area contributed by atoms with E-state index >= 15 is 0 Å². The molecule has 0 aromatic heterocycles. The van der Waals surface area contributed by atoms with E-state index in [0.29, 0.717) is 35.5 Å². The molecule has 0 spiro atoms. The fraction of sp³-hybridized carbons (Fsp3) is 0.378. The van der Waals surface area contributed by atoms with Crippen molar-refractivity contribution in [3.05, 3.63) is 107 Å². The Morgan fingerprint density at radius 2 is 1.64 bits per heavy atom. The Hall–Kier alpha value is -4.47. The first-order chi connectivity index (χ1) is 23.9. The van der Waals surface area contributed by atoms with Crippen LogP contribution in [0.2, 0.25) is 0 Å². The summed E-state index contributed by atoms with van der Waals surface area (Å²) in [5, 5.41) is 63.9. The van der Waals surface area contributed by atoms with E-state index in [9.17, 15) is 45.0 Å². The third-order valence-electron chi connectivity index (χ3n) is 9.85. The lowest BCUT2D eigenvalue weighted by Gasteiger charge is -2.37. The zero-order valence-corrected chi connectivity index (χ0v) is 27.4. The molecule has 3 amide bonds. The van der Waals surface area contributed by atoms with Gasteiger partial charge in [-0.05, 0) is 41.3 Å². The molecule has 13 heteroatoms.